The van der Waals surface area contributed by atoms with E-state index in [0.29, 0.717) is 54.4 Å². The van der Waals surface area contributed by atoms with Crippen LogP contribution in [0.4, 0.5) is 0 Å². The molecule has 0 atom stereocenters. The summed E-state index contributed by atoms with van der Waals surface area (Å²) in [7, 11) is 1.62. The molecule has 1 fully saturated rings. The highest BCUT2D eigenvalue weighted by atomic mass is 32.1. The summed E-state index contributed by atoms with van der Waals surface area (Å²) in [6.45, 7) is 10.6. The fourth-order valence-electron chi connectivity index (χ4n) is 4.85. The molecule has 2 aliphatic heterocycles. The van der Waals surface area contributed by atoms with Crippen molar-refractivity contribution in [1.29, 1.82) is 0 Å². The highest BCUT2D eigenvalue weighted by molar-refractivity contribution is 7.80. The molecule has 0 aliphatic carbocycles. The number of benzene rings is 1. The fraction of sp³-hybridized carbons (Fsp3) is 0.633. The van der Waals surface area contributed by atoms with E-state index in [1.807, 2.05) is 19.9 Å². The van der Waals surface area contributed by atoms with Crippen molar-refractivity contribution in [2.75, 3.05) is 46.6 Å². The van der Waals surface area contributed by atoms with Gasteiger partial charge in [-0.05, 0) is 50.9 Å². The molecule has 0 amide bonds. The molecule has 39 heavy (non-hydrogen) atoms. The van der Waals surface area contributed by atoms with Crippen LogP contribution in [0.3, 0.4) is 0 Å². The number of hydrogen-bond donors (Lipinski definition) is 0. The van der Waals surface area contributed by atoms with Gasteiger partial charge in [-0.3, -0.25) is 9.69 Å². The first-order valence-corrected chi connectivity index (χ1v) is 14.5. The number of allylic oxidation sites excluding steroid dienone is 2. The molecule has 0 aromatic heterocycles. The lowest BCUT2D eigenvalue weighted by atomic mass is 9.94. The molecule has 0 spiro atoms. The molecule has 3 rings (SSSR count). The van der Waals surface area contributed by atoms with E-state index < -0.39 is 5.97 Å². The van der Waals surface area contributed by atoms with Gasteiger partial charge in [0.15, 0.2) is 5.05 Å². The number of nitrogens with zero attached hydrogens (tertiary/aromatic N) is 1. The Morgan fingerprint density at radius 3 is 2.59 bits per heavy atom. The quantitative estimate of drug-likeness (QED) is 0.119. The van der Waals surface area contributed by atoms with Crippen LogP contribution in [0, 0.1) is 6.92 Å². The second-order valence-electron chi connectivity index (χ2n) is 10.1. The van der Waals surface area contributed by atoms with Crippen molar-refractivity contribution in [2.45, 2.75) is 78.7 Å². The van der Waals surface area contributed by atoms with Gasteiger partial charge in [0.25, 0.3) is 0 Å². The van der Waals surface area contributed by atoms with Gasteiger partial charge < -0.3 is 23.7 Å². The Bertz CT molecular complexity index is 1050. The van der Waals surface area contributed by atoms with Crippen LogP contribution in [0.15, 0.2) is 11.6 Å². The Labute approximate surface area is 237 Å². The minimum atomic E-state index is -0.402. The molecule has 2 aliphatic rings. The number of fused-ring (bicyclic) bond motifs is 1. The molecule has 0 N–H and O–H groups in total. The van der Waals surface area contributed by atoms with Gasteiger partial charge in [-0.1, -0.05) is 37.8 Å². The number of cyclic esters (lactones) is 1. The number of hydrogen-bond acceptors (Lipinski definition) is 9. The largest absolute Gasteiger partial charge is 0.496 e. The Morgan fingerprint density at radius 2 is 1.87 bits per heavy atom. The summed E-state index contributed by atoms with van der Waals surface area (Å²) in [5.41, 5.74) is 3.88. The summed E-state index contributed by atoms with van der Waals surface area (Å²) in [6.07, 6.45) is 8.38. The minimum Gasteiger partial charge on any atom is -0.496 e. The molecular formula is C30H43NO7S. The zero-order chi connectivity index (χ0) is 28.2. The van der Waals surface area contributed by atoms with Crippen molar-refractivity contribution in [3.8, 4) is 11.5 Å². The summed E-state index contributed by atoms with van der Waals surface area (Å²) in [6, 6.07) is 0. The first-order chi connectivity index (χ1) is 18.8. The van der Waals surface area contributed by atoms with E-state index in [1.54, 1.807) is 7.11 Å². The van der Waals surface area contributed by atoms with Crippen molar-refractivity contribution in [1.82, 2.24) is 4.90 Å². The second kappa shape index (κ2) is 15.9. The average molecular weight is 562 g/mol. The number of rotatable bonds is 15. The van der Waals surface area contributed by atoms with Gasteiger partial charge in [-0.15, -0.1) is 0 Å². The maximum atomic E-state index is 12.7. The normalized spacial score (nSPS) is 15.6. The number of carbonyl (C=O) groups excluding carboxylic acids is 2. The van der Waals surface area contributed by atoms with E-state index in [1.165, 1.54) is 0 Å². The maximum Gasteiger partial charge on any atom is 0.342 e. The van der Waals surface area contributed by atoms with Gasteiger partial charge in [0.1, 0.15) is 30.3 Å². The van der Waals surface area contributed by atoms with E-state index >= 15 is 0 Å². The fourth-order valence-corrected chi connectivity index (χ4v) is 5.07. The van der Waals surface area contributed by atoms with Crippen LogP contribution >= 0.6 is 12.2 Å². The summed E-state index contributed by atoms with van der Waals surface area (Å²) in [5, 5.41) is 0.459. The molecule has 1 aromatic carbocycles. The van der Waals surface area contributed by atoms with Crippen LogP contribution in [0.5, 0.6) is 11.5 Å². The molecule has 8 nitrogen and oxygen atoms in total. The maximum absolute atomic E-state index is 12.7. The summed E-state index contributed by atoms with van der Waals surface area (Å²) < 4.78 is 28.1. The predicted octanol–water partition coefficient (Wildman–Crippen LogP) is 5.50. The SMILES string of the molecule is CCCCCCC(=S)Oc1c(C/C=C(\C)CCC(=O)OCCN2CCOCC2)c(OC)c(C)c2c1C(=O)OC2. The van der Waals surface area contributed by atoms with Crippen LogP contribution in [-0.4, -0.2) is 68.5 Å². The molecule has 0 radical (unpaired) electrons. The van der Waals surface area contributed by atoms with Gasteiger partial charge >= 0.3 is 11.9 Å². The van der Waals surface area contributed by atoms with E-state index in [2.05, 4.69) is 11.8 Å². The van der Waals surface area contributed by atoms with Crippen molar-refractivity contribution in [3.63, 3.8) is 0 Å². The van der Waals surface area contributed by atoms with E-state index in [-0.39, 0.29) is 12.6 Å². The monoisotopic (exact) mass is 561 g/mol. The van der Waals surface area contributed by atoms with Crippen molar-refractivity contribution < 1.29 is 33.3 Å². The number of unbranched alkanes of at least 4 members (excludes halogenated alkanes) is 3. The lowest BCUT2D eigenvalue weighted by Gasteiger charge is -2.26. The van der Waals surface area contributed by atoms with Crippen molar-refractivity contribution in [2.24, 2.45) is 0 Å². The number of morpholine rings is 1. The van der Waals surface area contributed by atoms with Gasteiger partial charge in [-0.2, -0.15) is 0 Å². The van der Waals surface area contributed by atoms with Crippen LogP contribution in [0.1, 0.15) is 85.8 Å². The van der Waals surface area contributed by atoms with Gasteiger partial charge in [0.05, 0.1) is 20.3 Å². The minimum absolute atomic E-state index is 0.193. The van der Waals surface area contributed by atoms with Gasteiger partial charge in [0.2, 0.25) is 0 Å². The van der Waals surface area contributed by atoms with Crippen LogP contribution in [-0.2, 0) is 32.0 Å². The topological polar surface area (TPSA) is 83.5 Å². The molecule has 0 unspecified atom stereocenters. The Hall–Kier alpha value is -2.49. The lowest BCUT2D eigenvalue weighted by Crippen LogP contribution is -2.38. The van der Waals surface area contributed by atoms with E-state index in [4.69, 9.17) is 35.9 Å². The highest BCUT2D eigenvalue weighted by Gasteiger charge is 2.33. The Morgan fingerprint density at radius 1 is 1.10 bits per heavy atom. The van der Waals surface area contributed by atoms with Crippen LogP contribution in [0.25, 0.3) is 0 Å². The number of methoxy groups -OCH3 is 1. The predicted molar refractivity (Wildman–Crippen MR) is 154 cm³/mol. The van der Waals surface area contributed by atoms with Crippen LogP contribution in [0.2, 0.25) is 0 Å². The lowest BCUT2D eigenvalue weighted by molar-refractivity contribution is -0.144. The molecule has 9 heteroatoms. The molecule has 2 heterocycles. The highest BCUT2D eigenvalue weighted by Crippen LogP contribution is 2.43. The summed E-state index contributed by atoms with van der Waals surface area (Å²) in [4.78, 5) is 27.2. The van der Waals surface area contributed by atoms with Gasteiger partial charge in [-0.25, -0.2) is 4.79 Å². The molecular weight excluding hydrogens is 518 g/mol. The number of esters is 2. The Kier molecular flexibility index (Phi) is 12.7. The molecule has 0 saturated carbocycles. The first-order valence-electron chi connectivity index (χ1n) is 14.1. The van der Waals surface area contributed by atoms with Crippen molar-refractivity contribution >= 4 is 29.2 Å². The molecule has 1 aromatic rings. The second-order valence-corrected chi connectivity index (χ2v) is 10.6. The van der Waals surface area contributed by atoms with Crippen LogP contribution < -0.4 is 9.47 Å². The third kappa shape index (κ3) is 9.01. The molecule has 1 saturated heterocycles. The zero-order valence-corrected chi connectivity index (χ0v) is 24.7. The number of ether oxygens (including phenoxy) is 5. The third-order valence-electron chi connectivity index (χ3n) is 7.23. The number of thiocarbonyl (C=S) groups is 1. The smallest absolute Gasteiger partial charge is 0.342 e. The summed E-state index contributed by atoms with van der Waals surface area (Å²) >= 11 is 5.56. The Balaban J connectivity index is 1.66. The number of carbonyl (C=O) groups is 2. The summed E-state index contributed by atoms with van der Waals surface area (Å²) in [5.74, 6) is 0.493. The van der Waals surface area contributed by atoms with E-state index in [9.17, 15) is 9.59 Å². The van der Waals surface area contributed by atoms with Gasteiger partial charge in [0, 0.05) is 43.6 Å². The molecule has 0 bridgehead atoms. The third-order valence-corrected chi connectivity index (χ3v) is 7.52. The first kappa shape index (κ1) is 31.0. The van der Waals surface area contributed by atoms with E-state index in [0.717, 1.165) is 80.8 Å². The van der Waals surface area contributed by atoms with Crippen molar-refractivity contribution in [3.05, 3.63) is 33.9 Å². The zero-order valence-electron chi connectivity index (χ0n) is 23.9. The standard InChI is InChI=1S/C30H43NO7S/c1-5-6-7-8-9-26(39)38-29-23(28(34-4)22(3)24-20-37-30(33)27(24)29)12-10-21(2)11-13-25(32)36-19-16-31-14-17-35-18-15-31/h10H,5-9,11-20H2,1-4H3/b21-10+. The average Bonchev–Trinajstić information content (AvgIpc) is 3.32. The molecule has 216 valence electrons.